The van der Waals surface area contributed by atoms with Gasteiger partial charge in [-0.1, -0.05) is 30.0 Å². The standard InChI is InChI=1S/C25H25N3O4S2/c1-15-6-5-7-19(16(15)2)28-24(30)23-18(10-11-33-23)27-25(28)34-14-22(29)26-13-17-8-9-20(31-3)21(12-17)32-4/h5-12H,13-14H2,1-4H3,(H,26,29). The van der Waals surface area contributed by atoms with Crippen LogP contribution in [0.15, 0.2) is 57.8 Å². The van der Waals surface area contributed by atoms with Gasteiger partial charge < -0.3 is 14.8 Å². The molecule has 7 nitrogen and oxygen atoms in total. The first kappa shape index (κ1) is 23.8. The van der Waals surface area contributed by atoms with Crippen LogP contribution in [-0.4, -0.2) is 35.4 Å². The average Bonchev–Trinajstić information content (AvgIpc) is 3.32. The molecule has 0 saturated heterocycles. The predicted molar refractivity (Wildman–Crippen MR) is 137 cm³/mol. The third-order valence-electron chi connectivity index (χ3n) is 5.54. The zero-order chi connectivity index (χ0) is 24.2. The highest BCUT2D eigenvalue weighted by atomic mass is 32.2. The van der Waals surface area contributed by atoms with Crippen molar-refractivity contribution < 1.29 is 14.3 Å². The van der Waals surface area contributed by atoms with E-state index in [-0.39, 0.29) is 17.2 Å². The summed E-state index contributed by atoms with van der Waals surface area (Å²) in [5.74, 6) is 1.20. The zero-order valence-corrected chi connectivity index (χ0v) is 21.0. The number of rotatable bonds is 8. The Labute approximate surface area is 205 Å². The highest BCUT2D eigenvalue weighted by Gasteiger charge is 2.17. The molecular weight excluding hydrogens is 470 g/mol. The van der Waals surface area contributed by atoms with Crippen LogP contribution in [0.4, 0.5) is 0 Å². The van der Waals surface area contributed by atoms with Gasteiger partial charge in [0, 0.05) is 6.54 Å². The summed E-state index contributed by atoms with van der Waals surface area (Å²) >= 11 is 2.62. The molecule has 176 valence electrons. The van der Waals surface area contributed by atoms with E-state index < -0.39 is 0 Å². The Morgan fingerprint density at radius 2 is 1.91 bits per heavy atom. The number of carbonyl (C=O) groups is 1. The number of hydrogen-bond donors (Lipinski definition) is 1. The van der Waals surface area contributed by atoms with Crippen molar-refractivity contribution in [2.24, 2.45) is 0 Å². The average molecular weight is 496 g/mol. The molecular formula is C25H25N3O4S2. The molecule has 4 aromatic rings. The second-order valence-corrected chi connectivity index (χ2v) is 9.50. The highest BCUT2D eigenvalue weighted by molar-refractivity contribution is 7.99. The van der Waals surface area contributed by atoms with Crippen LogP contribution in [0.1, 0.15) is 16.7 Å². The van der Waals surface area contributed by atoms with Gasteiger partial charge in [-0.3, -0.25) is 14.2 Å². The predicted octanol–water partition coefficient (Wildman–Crippen LogP) is 4.49. The molecule has 0 fully saturated rings. The van der Waals surface area contributed by atoms with Gasteiger partial charge in [-0.05, 0) is 60.2 Å². The maximum Gasteiger partial charge on any atom is 0.276 e. The van der Waals surface area contributed by atoms with Crippen LogP contribution in [0.3, 0.4) is 0 Å². The summed E-state index contributed by atoms with van der Waals surface area (Å²) in [5, 5.41) is 5.26. The SMILES string of the molecule is COc1ccc(CNC(=O)CSc2nc3ccsc3c(=O)n2-c2cccc(C)c2C)cc1OC. The molecule has 1 N–H and O–H groups in total. The van der Waals surface area contributed by atoms with Gasteiger partial charge >= 0.3 is 0 Å². The van der Waals surface area contributed by atoms with Gasteiger partial charge in [0.25, 0.3) is 5.56 Å². The zero-order valence-electron chi connectivity index (χ0n) is 19.4. The number of thiophene rings is 1. The number of methoxy groups -OCH3 is 2. The summed E-state index contributed by atoms with van der Waals surface area (Å²) in [4.78, 5) is 30.7. The maximum absolute atomic E-state index is 13.3. The van der Waals surface area contributed by atoms with Gasteiger partial charge in [0.05, 0.1) is 31.2 Å². The number of aromatic nitrogens is 2. The van der Waals surface area contributed by atoms with Crippen LogP contribution in [0.2, 0.25) is 0 Å². The molecule has 0 saturated carbocycles. The van der Waals surface area contributed by atoms with E-state index >= 15 is 0 Å². The molecule has 34 heavy (non-hydrogen) atoms. The summed E-state index contributed by atoms with van der Waals surface area (Å²) in [6.07, 6.45) is 0. The quantitative estimate of drug-likeness (QED) is 0.287. The van der Waals surface area contributed by atoms with Crippen LogP contribution in [0.5, 0.6) is 11.5 Å². The van der Waals surface area contributed by atoms with Crippen molar-refractivity contribution in [2.45, 2.75) is 25.5 Å². The molecule has 0 bridgehead atoms. The Bertz CT molecular complexity index is 1410. The lowest BCUT2D eigenvalue weighted by Crippen LogP contribution is -2.26. The normalized spacial score (nSPS) is 10.9. The van der Waals surface area contributed by atoms with Gasteiger partial charge in [0.1, 0.15) is 4.70 Å². The lowest BCUT2D eigenvalue weighted by atomic mass is 10.1. The molecule has 2 heterocycles. The van der Waals surface area contributed by atoms with Crippen LogP contribution in [-0.2, 0) is 11.3 Å². The molecule has 2 aromatic heterocycles. The minimum absolute atomic E-state index is 0.123. The van der Waals surface area contributed by atoms with Crippen molar-refractivity contribution in [3.63, 3.8) is 0 Å². The summed E-state index contributed by atoms with van der Waals surface area (Å²) in [6.45, 7) is 4.34. The van der Waals surface area contributed by atoms with E-state index in [1.807, 2.05) is 55.6 Å². The van der Waals surface area contributed by atoms with Crippen LogP contribution in [0, 0.1) is 13.8 Å². The molecule has 2 aromatic carbocycles. The fourth-order valence-corrected chi connectivity index (χ4v) is 5.15. The summed E-state index contributed by atoms with van der Waals surface area (Å²) in [6, 6.07) is 13.2. The van der Waals surface area contributed by atoms with E-state index in [0.29, 0.717) is 33.4 Å². The summed E-state index contributed by atoms with van der Waals surface area (Å²) in [5.41, 5.74) is 4.27. The number of nitrogens with zero attached hydrogens (tertiary/aromatic N) is 2. The molecule has 0 atom stereocenters. The number of benzene rings is 2. The van der Waals surface area contributed by atoms with Crippen LogP contribution < -0.4 is 20.3 Å². The van der Waals surface area contributed by atoms with Crippen molar-refractivity contribution in [1.29, 1.82) is 0 Å². The van der Waals surface area contributed by atoms with E-state index in [0.717, 1.165) is 22.4 Å². The molecule has 1 amide bonds. The summed E-state index contributed by atoms with van der Waals surface area (Å²) < 4.78 is 12.8. The maximum atomic E-state index is 13.3. The molecule has 4 rings (SSSR count). The number of hydrogen-bond acceptors (Lipinski definition) is 7. The van der Waals surface area contributed by atoms with E-state index in [1.165, 1.54) is 23.1 Å². The first-order valence-electron chi connectivity index (χ1n) is 10.6. The molecule has 0 aliphatic heterocycles. The number of carbonyl (C=O) groups excluding carboxylic acids is 1. The number of thioether (sulfide) groups is 1. The van der Waals surface area contributed by atoms with Crippen molar-refractivity contribution in [2.75, 3.05) is 20.0 Å². The molecule has 0 aliphatic carbocycles. The van der Waals surface area contributed by atoms with Crippen molar-refractivity contribution in [3.8, 4) is 17.2 Å². The van der Waals surface area contributed by atoms with Gasteiger partial charge in [0.15, 0.2) is 16.7 Å². The Morgan fingerprint density at radius 3 is 2.68 bits per heavy atom. The fraction of sp³-hybridized carbons (Fsp3) is 0.240. The lowest BCUT2D eigenvalue weighted by molar-refractivity contribution is -0.118. The Morgan fingerprint density at radius 1 is 1.12 bits per heavy atom. The minimum atomic E-state index is -0.160. The van der Waals surface area contributed by atoms with Gasteiger partial charge in [-0.2, -0.15) is 0 Å². The molecule has 0 unspecified atom stereocenters. The van der Waals surface area contributed by atoms with Crippen molar-refractivity contribution in [1.82, 2.24) is 14.9 Å². The Hall–Kier alpha value is -3.30. The van der Waals surface area contributed by atoms with Crippen LogP contribution >= 0.6 is 23.1 Å². The largest absolute Gasteiger partial charge is 0.493 e. The third kappa shape index (κ3) is 4.80. The Kier molecular flexibility index (Phi) is 7.23. The number of ether oxygens (including phenoxy) is 2. The lowest BCUT2D eigenvalue weighted by Gasteiger charge is -2.15. The van der Waals surface area contributed by atoms with E-state index in [2.05, 4.69) is 5.32 Å². The van der Waals surface area contributed by atoms with E-state index in [9.17, 15) is 9.59 Å². The van der Waals surface area contributed by atoms with Crippen LogP contribution in [0.25, 0.3) is 15.9 Å². The number of nitrogens with one attached hydrogen (secondary N) is 1. The molecule has 9 heteroatoms. The topological polar surface area (TPSA) is 82.5 Å². The van der Waals surface area contributed by atoms with E-state index in [4.69, 9.17) is 14.5 Å². The van der Waals surface area contributed by atoms with Crippen molar-refractivity contribution in [3.05, 3.63) is 74.9 Å². The monoisotopic (exact) mass is 495 g/mol. The second kappa shape index (κ2) is 10.3. The van der Waals surface area contributed by atoms with E-state index in [1.54, 1.807) is 24.9 Å². The Balaban J connectivity index is 1.55. The fourth-order valence-electron chi connectivity index (χ4n) is 3.55. The summed E-state index contributed by atoms with van der Waals surface area (Å²) in [7, 11) is 3.15. The van der Waals surface area contributed by atoms with Gasteiger partial charge in [-0.15, -0.1) is 11.3 Å². The molecule has 0 aliphatic rings. The minimum Gasteiger partial charge on any atom is -0.493 e. The number of fused-ring (bicyclic) bond motifs is 1. The molecule has 0 radical (unpaired) electrons. The first-order valence-corrected chi connectivity index (χ1v) is 12.5. The van der Waals surface area contributed by atoms with Gasteiger partial charge in [0.2, 0.25) is 5.91 Å². The third-order valence-corrected chi connectivity index (χ3v) is 7.37. The molecule has 0 spiro atoms. The van der Waals surface area contributed by atoms with Crippen molar-refractivity contribution >= 4 is 39.2 Å². The number of amides is 1. The highest BCUT2D eigenvalue weighted by Crippen LogP contribution is 2.28. The second-order valence-electron chi connectivity index (χ2n) is 7.64. The number of aryl methyl sites for hydroxylation is 1. The smallest absolute Gasteiger partial charge is 0.276 e. The first-order chi connectivity index (χ1) is 16.4. The van der Waals surface area contributed by atoms with Gasteiger partial charge in [-0.25, -0.2) is 4.98 Å².